The molecule has 0 fully saturated rings. The highest BCUT2D eigenvalue weighted by atomic mass is 16.3. The van der Waals surface area contributed by atoms with Crippen LogP contribution in [-0.2, 0) is 11.3 Å². The van der Waals surface area contributed by atoms with Gasteiger partial charge in [-0.2, -0.15) is 0 Å². The van der Waals surface area contributed by atoms with Crippen molar-refractivity contribution in [2.45, 2.75) is 19.5 Å². The molecule has 2 N–H and O–H groups in total. The van der Waals surface area contributed by atoms with Crippen LogP contribution in [0.1, 0.15) is 24.3 Å². The van der Waals surface area contributed by atoms with Crippen molar-refractivity contribution in [3.8, 4) is 0 Å². The summed E-state index contributed by atoms with van der Waals surface area (Å²) in [6, 6.07) is 9.69. The van der Waals surface area contributed by atoms with Gasteiger partial charge >= 0.3 is 0 Å². The van der Waals surface area contributed by atoms with Crippen molar-refractivity contribution < 1.29 is 9.21 Å². The van der Waals surface area contributed by atoms with E-state index in [1.54, 1.807) is 13.3 Å². The fourth-order valence-electron chi connectivity index (χ4n) is 2.71. The number of amides is 1. The number of nitrogens with zero attached hydrogens (tertiary/aromatic N) is 1. The minimum absolute atomic E-state index is 0.00117. The third-order valence-electron chi connectivity index (χ3n) is 3.83. The molecule has 1 aromatic carbocycles. The molecule has 1 amide bonds. The quantitative estimate of drug-likeness (QED) is 0.886. The van der Waals surface area contributed by atoms with Gasteiger partial charge in [0.2, 0.25) is 5.91 Å². The van der Waals surface area contributed by atoms with Crippen LogP contribution in [-0.4, -0.2) is 19.5 Å². The fourth-order valence-corrected chi connectivity index (χ4v) is 2.71. The molecule has 0 saturated carbocycles. The molecule has 1 aliphatic rings. The van der Waals surface area contributed by atoms with Crippen molar-refractivity contribution in [3.63, 3.8) is 0 Å². The number of hydrogen-bond acceptors (Lipinski definition) is 4. The number of anilines is 2. The molecule has 1 aliphatic heterocycles. The van der Waals surface area contributed by atoms with Crippen LogP contribution >= 0.6 is 0 Å². The first kappa shape index (κ1) is 13.7. The maximum absolute atomic E-state index is 11.9. The number of rotatable bonds is 5. The van der Waals surface area contributed by atoms with Gasteiger partial charge in [-0.3, -0.25) is 4.79 Å². The second kappa shape index (κ2) is 5.61. The van der Waals surface area contributed by atoms with E-state index in [2.05, 4.69) is 28.5 Å². The first-order valence-electron chi connectivity index (χ1n) is 7.12. The lowest BCUT2D eigenvalue weighted by Gasteiger charge is -2.22. The summed E-state index contributed by atoms with van der Waals surface area (Å²) in [6.07, 6.45) is 1.68. The summed E-state index contributed by atoms with van der Waals surface area (Å²) >= 11 is 0. The Hall–Kier alpha value is -2.27. The molecule has 1 atom stereocenters. The first-order valence-corrected chi connectivity index (χ1v) is 7.12. The summed E-state index contributed by atoms with van der Waals surface area (Å²) in [5.74, 6) is 0.924. The van der Waals surface area contributed by atoms with Gasteiger partial charge in [0.25, 0.3) is 0 Å². The number of benzene rings is 1. The zero-order chi connectivity index (χ0) is 14.8. The molecule has 0 radical (unpaired) electrons. The fraction of sp³-hybridized carbons (Fsp3) is 0.312. The maximum atomic E-state index is 11.9. The second-order valence-corrected chi connectivity index (χ2v) is 5.08. The summed E-state index contributed by atoms with van der Waals surface area (Å²) in [5.41, 5.74) is 2.96. The normalized spacial score (nSPS) is 16.7. The molecule has 3 rings (SSSR count). The Balaban J connectivity index is 1.86. The maximum Gasteiger partial charge on any atom is 0.246 e. The van der Waals surface area contributed by atoms with Gasteiger partial charge in [-0.15, -0.1) is 0 Å². The minimum atomic E-state index is -0.255. The van der Waals surface area contributed by atoms with E-state index in [1.165, 1.54) is 0 Å². The molecule has 1 aromatic heterocycles. The van der Waals surface area contributed by atoms with Gasteiger partial charge in [0, 0.05) is 23.5 Å². The smallest absolute Gasteiger partial charge is 0.246 e. The molecular formula is C16H19N3O2. The SMILES string of the molecule is CCN(Cc1ccco1)c1ccc2c(c1)NC(=O)C2NC. The average Bonchev–Trinajstić information content (AvgIpc) is 3.10. The number of fused-ring (bicyclic) bond motifs is 1. The third kappa shape index (κ3) is 2.52. The van der Waals surface area contributed by atoms with Crippen molar-refractivity contribution in [2.24, 2.45) is 0 Å². The summed E-state index contributed by atoms with van der Waals surface area (Å²) in [5, 5.41) is 5.95. The van der Waals surface area contributed by atoms with Gasteiger partial charge < -0.3 is 20.0 Å². The Labute approximate surface area is 123 Å². The molecule has 5 heteroatoms. The Morgan fingerprint density at radius 2 is 2.24 bits per heavy atom. The lowest BCUT2D eigenvalue weighted by molar-refractivity contribution is -0.117. The van der Waals surface area contributed by atoms with Crippen LogP contribution in [0.25, 0.3) is 0 Å². The zero-order valence-electron chi connectivity index (χ0n) is 12.2. The lowest BCUT2D eigenvalue weighted by atomic mass is 10.1. The highest BCUT2D eigenvalue weighted by molar-refractivity contribution is 6.03. The highest BCUT2D eigenvalue weighted by Gasteiger charge is 2.29. The average molecular weight is 285 g/mol. The Morgan fingerprint density at radius 1 is 1.38 bits per heavy atom. The highest BCUT2D eigenvalue weighted by Crippen LogP contribution is 2.34. The van der Waals surface area contributed by atoms with E-state index >= 15 is 0 Å². The molecule has 0 bridgehead atoms. The van der Waals surface area contributed by atoms with Crippen LogP contribution in [0, 0.1) is 0 Å². The van der Waals surface area contributed by atoms with Crippen LogP contribution in [0.3, 0.4) is 0 Å². The van der Waals surface area contributed by atoms with Crippen LogP contribution < -0.4 is 15.5 Å². The van der Waals surface area contributed by atoms with Gasteiger partial charge in [0.15, 0.2) is 0 Å². The van der Waals surface area contributed by atoms with E-state index in [9.17, 15) is 4.79 Å². The number of hydrogen-bond donors (Lipinski definition) is 2. The van der Waals surface area contributed by atoms with Gasteiger partial charge in [-0.25, -0.2) is 0 Å². The van der Waals surface area contributed by atoms with Crippen molar-refractivity contribution in [3.05, 3.63) is 47.9 Å². The number of carbonyl (C=O) groups is 1. The minimum Gasteiger partial charge on any atom is -0.467 e. The van der Waals surface area contributed by atoms with Crippen molar-refractivity contribution >= 4 is 17.3 Å². The van der Waals surface area contributed by atoms with Crippen LogP contribution in [0.4, 0.5) is 11.4 Å². The van der Waals surface area contributed by atoms with Crippen LogP contribution in [0.15, 0.2) is 41.0 Å². The van der Waals surface area contributed by atoms with E-state index in [1.807, 2.05) is 24.3 Å². The largest absolute Gasteiger partial charge is 0.467 e. The summed E-state index contributed by atoms with van der Waals surface area (Å²) < 4.78 is 5.41. The number of furan rings is 1. The predicted octanol–water partition coefficient (Wildman–Crippen LogP) is 2.52. The summed E-state index contributed by atoms with van der Waals surface area (Å²) in [4.78, 5) is 14.1. The molecule has 0 saturated heterocycles. The molecule has 110 valence electrons. The standard InChI is InChI=1S/C16H19N3O2/c1-3-19(10-12-5-4-8-21-12)11-6-7-13-14(9-11)18-16(20)15(13)17-2/h4-9,15,17H,3,10H2,1-2H3,(H,18,20). The van der Waals surface area contributed by atoms with E-state index in [-0.39, 0.29) is 11.9 Å². The molecule has 1 unspecified atom stereocenters. The molecule has 0 spiro atoms. The van der Waals surface area contributed by atoms with E-state index in [4.69, 9.17) is 4.42 Å². The molecule has 5 nitrogen and oxygen atoms in total. The van der Waals surface area contributed by atoms with Crippen molar-refractivity contribution in [2.75, 3.05) is 23.8 Å². The zero-order valence-corrected chi connectivity index (χ0v) is 12.2. The lowest BCUT2D eigenvalue weighted by Crippen LogP contribution is -2.23. The Morgan fingerprint density at radius 3 is 2.90 bits per heavy atom. The summed E-state index contributed by atoms with van der Waals surface area (Å²) in [7, 11) is 1.79. The number of carbonyl (C=O) groups excluding carboxylic acids is 1. The summed E-state index contributed by atoms with van der Waals surface area (Å²) in [6.45, 7) is 3.68. The molecular weight excluding hydrogens is 266 g/mol. The van der Waals surface area contributed by atoms with Crippen LogP contribution in [0.5, 0.6) is 0 Å². The number of nitrogens with one attached hydrogen (secondary N) is 2. The monoisotopic (exact) mass is 285 g/mol. The van der Waals surface area contributed by atoms with Crippen molar-refractivity contribution in [1.82, 2.24) is 5.32 Å². The van der Waals surface area contributed by atoms with Crippen LogP contribution in [0.2, 0.25) is 0 Å². The first-order chi connectivity index (χ1) is 10.2. The molecule has 2 heterocycles. The predicted molar refractivity (Wildman–Crippen MR) is 82.3 cm³/mol. The second-order valence-electron chi connectivity index (χ2n) is 5.08. The van der Waals surface area contributed by atoms with E-state index in [0.717, 1.165) is 29.2 Å². The topological polar surface area (TPSA) is 57.5 Å². The molecule has 2 aromatic rings. The van der Waals surface area contributed by atoms with Crippen molar-refractivity contribution in [1.29, 1.82) is 0 Å². The van der Waals surface area contributed by atoms with Gasteiger partial charge in [0.1, 0.15) is 11.8 Å². The van der Waals surface area contributed by atoms with E-state index in [0.29, 0.717) is 6.54 Å². The third-order valence-corrected chi connectivity index (χ3v) is 3.83. The Bertz CT molecular complexity index is 637. The Kier molecular flexibility index (Phi) is 3.66. The van der Waals surface area contributed by atoms with Gasteiger partial charge in [0.05, 0.1) is 12.8 Å². The molecule has 21 heavy (non-hydrogen) atoms. The number of likely N-dealkylation sites (N-methyl/N-ethyl adjacent to an activating group) is 1. The van der Waals surface area contributed by atoms with E-state index < -0.39 is 0 Å². The molecule has 0 aliphatic carbocycles. The van der Waals surface area contributed by atoms with Gasteiger partial charge in [-0.1, -0.05) is 6.07 Å². The van der Waals surface area contributed by atoms with Gasteiger partial charge in [-0.05, 0) is 38.2 Å².